The SMILES string of the molecule is Cc1cc(O)c(C2=Nn3c(nnc3-c3ccccc3O)SC2)c(=O)o1. The van der Waals surface area contributed by atoms with Gasteiger partial charge in [-0.15, -0.1) is 10.2 Å². The number of para-hydroxylation sites is 1. The quantitative estimate of drug-likeness (QED) is 0.721. The predicted molar refractivity (Wildman–Crippen MR) is 91.2 cm³/mol. The lowest BCUT2D eigenvalue weighted by atomic mass is 10.1. The van der Waals surface area contributed by atoms with Gasteiger partial charge in [0, 0.05) is 11.8 Å². The summed E-state index contributed by atoms with van der Waals surface area (Å²) in [6.45, 7) is 1.58. The van der Waals surface area contributed by atoms with Crippen LogP contribution in [0.2, 0.25) is 0 Å². The molecule has 0 bridgehead atoms. The van der Waals surface area contributed by atoms with Crippen LogP contribution in [0.25, 0.3) is 11.4 Å². The zero-order valence-electron chi connectivity index (χ0n) is 13.0. The fourth-order valence-corrected chi connectivity index (χ4v) is 3.36. The highest BCUT2D eigenvalue weighted by molar-refractivity contribution is 7.99. The van der Waals surface area contributed by atoms with Gasteiger partial charge in [-0.1, -0.05) is 23.9 Å². The number of rotatable bonds is 2. The minimum Gasteiger partial charge on any atom is -0.507 e. The van der Waals surface area contributed by atoms with Gasteiger partial charge in [0.25, 0.3) is 0 Å². The van der Waals surface area contributed by atoms with E-state index < -0.39 is 5.63 Å². The monoisotopic (exact) mass is 356 g/mol. The number of aromatic nitrogens is 3. The fraction of sp³-hybridized carbons (Fsp3) is 0.125. The van der Waals surface area contributed by atoms with E-state index in [4.69, 9.17) is 4.42 Å². The summed E-state index contributed by atoms with van der Waals surface area (Å²) in [5.41, 5.74) is 0.172. The van der Waals surface area contributed by atoms with E-state index in [1.54, 1.807) is 25.1 Å². The standard InChI is InChI=1S/C16H12N4O4S/c1-8-6-12(22)13(15(23)24-8)10-7-25-16-18-17-14(20(16)19-10)9-4-2-3-5-11(9)21/h2-6,21-22H,7H2,1H3. The molecule has 1 aliphatic rings. The first-order valence-electron chi connectivity index (χ1n) is 7.33. The Hall–Kier alpha value is -3.07. The molecule has 4 rings (SSSR count). The lowest BCUT2D eigenvalue weighted by Crippen LogP contribution is -2.21. The number of thioether (sulfide) groups is 1. The Balaban J connectivity index is 1.88. The highest BCUT2D eigenvalue weighted by atomic mass is 32.2. The molecule has 0 saturated heterocycles. The average Bonchev–Trinajstić information content (AvgIpc) is 2.97. The van der Waals surface area contributed by atoms with E-state index >= 15 is 0 Å². The second kappa shape index (κ2) is 5.78. The number of fused-ring (bicyclic) bond motifs is 1. The van der Waals surface area contributed by atoms with Gasteiger partial charge in [-0.05, 0) is 19.1 Å². The molecule has 8 nitrogen and oxygen atoms in total. The van der Waals surface area contributed by atoms with E-state index in [1.807, 2.05) is 0 Å². The maximum absolute atomic E-state index is 12.1. The zero-order chi connectivity index (χ0) is 17.6. The van der Waals surface area contributed by atoms with E-state index in [9.17, 15) is 15.0 Å². The van der Waals surface area contributed by atoms with Crippen molar-refractivity contribution < 1.29 is 14.6 Å². The summed E-state index contributed by atoms with van der Waals surface area (Å²) < 4.78 is 6.50. The molecule has 0 saturated carbocycles. The summed E-state index contributed by atoms with van der Waals surface area (Å²) in [4.78, 5) is 12.1. The van der Waals surface area contributed by atoms with Crippen LogP contribution in [0.1, 0.15) is 11.3 Å². The van der Waals surface area contributed by atoms with Crippen molar-refractivity contribution in [3.63, 3.8) is 0 Å². The Bertz CT molecular complexity index is 1070. The molecule has 1 aliphatic heterocycles. The van der Waals surface area contributed by atoms with Crippen LogP contribution in [0, 0.1) is 6.92 Å². The number of nitrogens with zero attached hydrogens (tertiary/aromatic N) is 4. The second-order valence-electron chi connectivity index (χ2n) is 5.38. The average molecular weight is 356 g/mol. The Labute approximate surface area is 145 Å². The van der Waals surface area contributed by atoms with Crippen molar-refractivity contribution in [1.29, 1.82) is 0 Å². The van der Waals surface area contributed by atoms with Crippen LogP contribution in [0.15, 0.2) is 49.8 Å². The van der Waals surface area contributed by atoms with Crippen LogP contribution in [-0.2, 0) is 0 Å². The zero-order valence-corrected chi connectivity index (χ0v) is 13.8. The van der Waals surface area contributed by atoms with Gasteiger partial charge in [0.2, 0.25) is 5.16 Å². The lowest BCUT2D eigenvalue weighted by Gasteiger charge is -2.14. The molecule has 3 heterocycles. The lowest BCUT2D eigenvalue weighted by molar-refractivity contribution is 0.432. The molecular weight excluding hydrogens is 344 g/mol. The largest absolute Gasteiger partial charge is 0.507 e. The van der Waals surface area contributed by atoms with Crippen molar-refractivity contribution in [2.24, 2.45) is 5.10 Å². The maximum atomic E-state index is 12.1. The molecule has 3 aromatic rings. The molecule has 0 fully saturated rings. The smallest absolute Gasteiger partial charge is 0.348 e. The van der Waals surface area contributed by atoms with Gasteiger partial charge in [-0.2, -0.15) is 9.78 Å². The molecule has 0 atom stereocenters. The highest BCUT2D eigenvalue weighted by Gasteiger charge is 2.25. The van der Waals surface area contributed by atoms with Gasteiger partial charge in [-0.3, -0.25) is 0 Å². The molecule has 0 radical (unpaired) electrons. The molecular formula is C16H12N4O4S. The van der Waals surface area contributed by atoms with Gasteiger partial charge >= 0.3 is 5.63 Å². The molecule has 0 spiro atoms. The van der Waals surface area contributed by atoms with Gasteiger partial charge in [0.05, 0.1) is 11.3 Å². The maximum Gasteiger partial charge on any atom is 0.348 e. The number of hydrogen-bond acceptors (Lipinski definition) is 8. The molecule has 2 aromatic heterocycles. The first-order valence-corrected chi connectivity index (χ1v) is 8.31. The summed E-state index contributed by atoms with van der Waals surface area (Å²) in [5, 5.41) is 33.2. The van der Waals surface area contributed by atoms with E-state index in [-0.39, 0.29) is 17.1 Å². The summed E-state index contributed by atoms with van der Waals surface area (Å²) in [6, 6.07) is 8.06. The Morgan fingerprint density at radius 3 is 2.76 bits per heavy atom. The number of phenols is 1. The Morgan fingerprint density at radius 2 is 2.00 bits per heavy atom. The van der Waals surface area contributed by atoms with E-state index in [1.165, 1.54) is 28.6 Å². The molecule has 0 aliphatic carbocycles. The third-order valence-corrected chi connectivity index (χ3v) is 4.59. The molecule has 0 amide bonds. The number of aryl methyl sites for hydroxylation is 1. The second-order valence-corrected chi connectivity index (χ2v) is 6.32. The van der Waals surface area contributed by atoms with Gasteiger partial charge in [0.15, 0.2) is 5.82 Å². The third kappa shape index (κ3) is 2.58. The Morgan fingerprint density at radius 1 is 1.20 bits per heavy atom. The first kappa shape index (κ1) is 15.5. The van der Waals surface area contributed by atoms with Crippen molar-refractivity contribution in [2.75, 3.05) is 5.75 Å². The normalized spacial score (nSPS) is 13.4. The molecule has 1 aromatic carbocycles. The van der Waals surface area contributed by atoms with E-state index in [0.29, 0.717) is 33.8 Å². The summed E-state index contributed by atoms with van der Waals surface area (Å²) >= 11 is 1.32. The minimum atomic E-state index is -0.655. The third-order valence-electron chi connectivity index (χ3n) is 3.66. The predicted octanol–water partition coefficient (Wildman–Crippen LogP) is 1.98. The van der Waals surface area contributed by atoms with E-state index in [0.717, 1.165) is 0 Å². The van der Waals surface area contributed by atoms with Crippen molar-refractivity contribution in [3.8, 4) is 22.9 Å². The van der Waals surface area contributed by atoms with Crippen molar-refractivity contribution in [2.45, 2.75) is 12.1 Å². The number of hydrogen-bond donors (Lipinski definition) is 2. The van der Waals surface area contributed by atoms with Crippen LogP contribution in [0.5, 0.6) is 11.5 Å². The highest BCUT2D eigenvalue weighted by Crippen LogP contribution is 2.32. The van der Waals surface area contributed by atoms with Gasteiger partial charge in [0.1, 0.15) is 22.8 Å². The molecule has 2 N–H and O–H groups in total. The van der Waals surface area contributed by atoms with Gasteiger partial charge in [-0.25, -0.2) is 4.79 Å². The number of aromatic hydroxyl groups is 2. The van der Waals surface area contributed by atoms with Crippen LogP contribution in [0.4, 0.5) is 0 Å². The van der Waals surface area contributed by atoms with Crippen molar-refractivity contribution in [1.82, 2.24) is 14.9 Å². The molecule has 25 heavy (non-hydrogen) atoms. The topological polar surface area (TPSA) is 114 Å². The summed E-state index contributed by atoms with van der Waals surface area (Å²) in [7, 11) is 0. The summed E-state index contributed by atoms with van der Waals surface area (Å²) in [5.74, 6) is 0.848. The van der Waals surface area contributed by atoms with Crippen molar-refractivity contribution in [3.05, 3.63) is 52.1 Å². The Kier molecular flexibility index (Phi) is 3.57. The van der Waals surface area contributed by atoms with Crippen LogP contribution >= 0.6 is 11.8 Å². The molecule has 126 valence electrons. The van der Waals surface area contributed by atoms with Gasteiger partial charge < -0.3 is 14.6 Å². The van der Waals surface area contributed by atoms with Crippen LogP contribution < -0.4 is 5.63 Å². The number of phenolic OH excluding ortho intramolecular Hbond substituents is 1. The number of benzene rings is 1. The molecule has 0 unspecified atom stereocenters. The molecule has 9 heteroatoms. The van der Waals surface area contributed by atoms with Crippen LogP contribution in [0.3, 0.4) is 0 Å². The van der Waals surface area contributed by atoms with E-state index in [2.05, 4.69) is 15.3 Å². The first-order chi connectivity index (χ1) is 12.0. The van der Waals surface area contributed by atoms with Crippen LogP contribution in [-0.4, -0.2) is 36.6 Å². The summed E-state index contributed by atoms with van der Waals surface area (Å²) in [6.07, 6.45) is 0. The fourth-order valence-electron chi connectivity index (χ4n) is 2.54. The van der Waals surface area contributed by atoms with Crippen molar-refractivity contribution >= 4 is 17.5 Å². The minimum absolute atomic E-state index is 0.0145.